The van der Waals surface area contributed by atoms with Gasteiger partial charge in [0.1, 0.15) is 17.7 Å². The Hall–Kier alpha value is -1.62. The Labute approximate surface area is 117 Å². The highest BCUT2D eigenvalue weighted by Crippen LogP contribution is 2.29. The zero-order valence-corrected chi connectivity index (χ0v) is 11.3. The quantitative estimate of drug-likeness (QED) is 0.788. The van der Waals surface area contributed by atoms with Crippen LogP contribution in [0, 0.1) is 11.7 Å². The fraction of sp³-hybridized carbons (Fsp3) is 0.533. The van der Waals surface area contributed by atoms with Crippen molar-refractivity contribution in [3.8, 4) is 5.75 Å². The van der Waals surface area contributed by atoms with Gasteiger partial charge in [-0.3, -0.25) is 4.90 Å². The van der Waals surface area contributed by atoms with E-state index in [1.807, 2.05) is 0 Å². The zero-order valence-electron chi connectivity index (χ0n) is 11.3. The maximum absolute atomic E-state index is 12.7. The Kier molecular flexibility index (Phi) is 3.87. The summed E-state index contributed by atoms with van der Waals surface area (Å²) in [7, 11) is 0. The molecule has 0 radical (unpaired) electrons. The SMILES string of the molecule is O=C(COc1ccc(F)cc1)O[C@H]1CN2CCC1CC2. The van der Waals surface area contributed by atoms with Gasteiger partial charge in [0.05, 0.1) is 0 Å². The van der Waals surface area contributed by atoms with E-state index in [1.54, 1.807) is 0 Å². The smallest absolute Gasteiger partial charge is 0.344 e. The molecule has 1 atom stereocenters. The van der Waals surface area contributed by atoms with Crippen molar-refractivity contribution in [3.05, 3.63) is 30.1 Å². The van der Waals surface area contributed by atoms with Crippen LogP contribution in [0.2, 0.25) is 0 Å². The molecule has 0 unspecified atom stereocenters. The van der Waals surface area contributed by atoms with E-state index < -0.39 is 0 Å². The van der Waals surface area contributed by atoms with Crippen molar-refractivity contribution in [1.82, 2.24) is 4.90 Å². The highest BCUT2D eigenvalue weighted by Gasteiger charge is 2.36. The first kappa shape index (κ1) is 13.4. The Morgan fingerprint density at radius 1 is 1.25 bits per heavy atom. The Morgan fingerprint density at radius 3 is 2.55 bits per heavy atom. The van der Waals surface area contributed by atoms with Crippen molar-refractivity contribution in [3.63, 3.8) is 0 Å². The fourth-order valence-electron chi connectivity index (χ4n) is 2.92. The molecule has 0 aromatic heterocycles. The lowest BCUT2D eigenvalue weighted by Gasteiger charge is -2.43. The van der Waals surface area contributed by atoms with Crippen LogP contribution in [0.4, 0.5) is 4.39 Å². The Bertz CT molecular complexity index is 469. The number of benzene rings is 1. The van der Waals surface area contributed by atoms with Crippen LogP contribution < -0.4 is 4.74 Å². The van der Waals surface area contributed by atoms with Gasteiger partial charge in [-0.25, -0.2) is 9.18 Å². The number of esters is 1. The third-order valence-corrected chi connectivity index (χ3v) is 4.05. The molecule has 20 heavy (non-hydrogen) atoms. The van der Waals surface area contributed by atoms with Crippen molar-refractivity contribution >= 4 is 5.97 Å². The van der Waals surface area contributed by atoms with Crippen LogP contribution in [0.15, 0.2) is 24.3 Å². The number of carbonyl (C=O) groups excluding carboxylic acids is 1. The van der Waals surface area contributed by atoms with Crippen LogP contribution in [0.3, 0.4) is 0 Å². The Balaban J connectivity index is 1.46. The van der Waals surface area contributed by atoms with Crippen molar-refractivity contribution in [2.24, 2.45) is 5.92 Å². The minimum absolute atomic E-state index is 0.00168. The fourth-order valence-corrected chi connectivity index (χ4v) is 2.92. The average molecular weight is 279 g/mol. The molecule has 4 nitrogen and oxygen atoms in total. The summed E-state index contributed by atoms with van der Waals surface area (Å²) in [6, 6.07) is 5.59. The molecule has 0 saturated carbocycles. The molecule has 2 bridgehead atoms. The third-order valence-electron chi connectivity index (χ3n) is 4.05. The van der Waals surface area contributed by atoms with Gasteiger partial charge in [0.2, 0.25) is 0 Å². The van der Waals surface area contributed by atoms with Crippen molar-refractivity contribution in [2.75, 3.05) is 26.2 Å². The lowest BCUT2D eigenvalue weighted by atomic mass is 9.86. The van der Waals surface area contributed by atoms with E-state index in [1.165, 1.54) is 24.3 Å². The molecule has 3 saturated heterocycles. The summed E-state index contributed by atoms with van der Waals surface area (Å²) in [5.74, 6) is 0.285. The van der Waals surface area contributed by atoms with E-state index >= 15 is 0 Å². The molecule has 0 aliphatic carbocycles. The number of hydrogen-bond donors (Lipinski definition) is 0. The number of nitrogens with zero attached hydrogens (tertiary/aromatic N) is 1. The van der Waals surface area contributed by atoms with Crippen LogP contribution in [-0.2, 0) is 9.53 Å². The number of hydrogen-bond acceptors (Lipinski definition) is 4. The number of piperidine rings is 3. The minimum atomic E-state index is -0.354. The normalized spacial score (nSPS) is 28.1. The molecule has 0 N–H and O–H groups in total. The third kappa shape index (κ3) is 3.10. The van der Waals surface area contributed by atoms with Gasteiger partial charge in [0.15, 0.2) is 6.61 Å². The lowest BCUT2D eigenvalue weighted by molar-refractivity contribution is -0.161. The van der Waals surface area contributed by atoms with E-state index in [0.717, 1.165) is 32.5 Å². The predicted octanol–water partition coefficient (Wildman–Crippen LogP) is 1.84. The van der Waals surface area contributed by atoms with Crippen molar-refractivity contribution in [2.45, 2.75) is 18.9 Å². The zero-order chi connectivity index (χ0) is 13.9. The second kappa shape index (κ2) is 5.79. The number of halogens is 1. The van der Waals surface area contributed by atoms with Gasteiger partial charge in [-0.1, -0.05) is 0 Å². The first-order valence-corrected chi connectivity index (χ1v) is 7.01. The summed E-state index contributed by atoms with van der Waals surface area (Å²) in [4.78, 5) is 14.1. The molecule has 4 rings (SSSR count). The van der Waals surface area contributed by atoms with Crippen LogP contribution in [0.25, 0.3) is 0 Å². The second-order valence-electron chi connectivity index (χ2n) is 5.41. The van der Waals surface area contributed by atoms with E-state index in [0.29, 0.717) is 11.7 Å². The van der Waals surface area contributed by atoms with Gasteiger partial charge in [-0.15, -0.1) is 0 Å². The van der Waals surface area contributed by atoms with Gasteiger partial charge in [-0.2, -0.15) is 0 Å². The van der Waals surface area contributed by atoms with Crippen LogP contribution in [-0.4, -0.2) is 43.2 Å². The average Bonchev–Trinajstić information content (AvgIpc) is 2.48. The summed E-state index contributed by atoms with van der Waals surface area (Å²) >= 11 is 0. The summed E-state index contributed by atoms with van der Waals surface area (Å²) in [5, 5.41) is 0. The maximum Gasteiger partial charge on any atom is 0.344 e. The summed E-state index contributed by atoms with van der Waals surface area (Å²) < 4.78 is 23.5. The number of rotatable bonds is 4. The van der Waals surface area contributed by atoms with Gasteiger partial charge in [-0.05, 0) is 56.1 Å². The lowest BCUT2D eigenvalue weighted by Crippen LogP contribution is -2.52. The standard InChI is InChI=1S/C15H18FNO3/c16-12-1-3-13(4-2-12)19-10-15(18)20-14-9-17-7-5-11(14)6-8-17/h1-4,11,14H,5-10H2/t14-/m0/s1. The molecule has 0 spiro atoms. The molecule has 1 aromatic rings. The van der Waals surface area contributed by atoms with E-state index in [-0.39, 0.29) is 24.5 Å². The molecule has 3 heterocycles. The summed E-state index contributed by atoms with van der Waals surface area (Å²) in [6.07, 6.45) is 2.22. The largest absolute Gasteiger partial charge is 0.482 e. The molecule has 108 valence electrons. The molecule has 5 heteroatoms. The summed E-state index contributed by atoms with van der Waals surface area (Å²) in [6.45, 7) is 2.94. The second-order valence-corrected chi connectivity index (χ2v) is 5.41. The molecule has 3 fully saturated rings. The first-order valence-electron chi connectivity index (χ1n) is 7.01. The highest BCUT2D eigenvalue weighted by molar-refractivity contribution is 5.71. The molecular formula is C15H18FNO3. The summed E-state index contributed by atoms with van der Waals surface area (Å²) in [5.41, 5.74) is 0. The monoisotopic (exact) mass is 279 g/mol. The van der Waals surface area contributed by atoms with Crippen LogP contribution >= 0.6 is 0 Å². The van der Waals surface area contributed by atoms with Crippen molar-refractivity contribution < 1.29 is 18.7 Å². The number of fused-ring (bicyclic) bond motifs is 3. The molecule has 3 aliphatic rings. The first-order chi connectivity index (χ1) is 9.70. The van der Waals surface area contributed by atoms with Crippen LogP contribution in [0.5, 0.6) is 5.75 Å². The highest BCUT2D eigenvalue weighted by atomic mass is 19.1. The molecular weight excluding hydrogens is 261 g/mol. The van der Waals surface area contributed by atoms with Gasteiger partial charge >= 0.3 is 5.97 Å². The van der Waals surface area contributed by atoms with E-state index in [9.17, 15) is 9.18 Å². The van der Waals surface area contributed by atoms with Gasteiger partial charge in [0.25, 0.3) is 0 Å². The van der Waals surface area contributed by atoms with Crippen LogP contribution in [0.1, 0.15) is 12.8 Å². The minimum Gasteiger partial charge on any atom is -0.482 e. The van der Waals surface area contributed by atoms with E-state index in [2.05, 4.69) is 4.90 Å². The van der Waals surface area contributed by atoms with E-state index in [4.69, 9.17) is 9.47 Å². The number of ether oxygens (including phenoxy) is 2. The topological polar surface area (TPSA) is 38.8 Å². The van der Waals surface area contributed by atoms with Gasteiger partial charge < -0.3 is 9.47 Å². The Morgan fingerprint density at radius 2 is 1.95 bits per heavy atom. The van der Waals surface area contributed by atoms with Gasteiger partial charge in [0, 0.05) is 6.54 Å². The number of carbonyl (C=O) groups is 1. The maximum atomic E-state index is 12.7. The molecule has 3 aliphatic heterocycles. The van der Waals surface area contributed by atoms with Crippen molar-refractivity contribution in [1.29, 1.82) is 0 Å². The predicted molar refractivity (Wildman–Crippen MR) is 70.9 cm³/mol. The molecule has 0 amide bonds. The molecule has 1 aromatic carbocycles.